The largest absolute Gasteiger partial charge is 0.454 e. The molecule has 3 N–H and O–H groups in total. The van der Waals surface area contributed by atoms with Crippen molar-refractivity contribution in [2.75, 3.05) is 13.3 Å². The third-order valence-corrected chi connectivity index (χ3v) is 4.58. The summed E-state index contributed by atoms with van der Waals surface area (Å²) >= 11 is 3.39. The Morgan fingerprint density at radius 2 is 2.25 bits per heavy atom. The summed E-state index contributed by atoms with van der Waals surface area (Å²) in [5.74, 6) is 1.58. The van der Waals surface area contributed by atoms with Crippen LogP contribution in [0.15, 0.2) is 16.6 Å². The van der Waals surface area contributed by atoms with Gasteiger partial charge >= 0.3 is 0 Å². The van der Waals surface area contributed by atoms with E-state index in [9.17, 15) is 4.79 Å². The minimum atomic E-state index is -0.333. The fraction of sp³-hybridized carbons (Fsp3) is 0.500. The first kappa shape index (κ1) is 13.7. The van der Waals surface area contributed by atoms with Crippen molar-refractivity contribution in [2.24, 2.45) is 11.7 Å². The first-order valence-electron chi connectivity index (χ1n) is 6.65. The summed E-state index contributed by atoms with van der Waals surface area (Å²) in [5, 5.41) is 3.06. The van der Waals surface area contributed by atoms with E-state index in [0.717, 1.165) is 17.3 Å². The number of carbonyl (C=O) groups excluding carboxylic acids is 1. The molecule has 1 atom stereocenters. The highest BCUT2D eigenvalue weighted by Gasteiger charge is 2.41. The van der Waals surface area contributed by atoms with Crippen LogP contribution in [0.3, 0.4) is 0 Å². The molecule has 6 heteroatoms. The molecule has 1 heterocycles. The fourth-order valence-corrected chi connectivity index (χ4v) is 3.03. The maximum atomic E-state index is 12.4. The molecule has 1 saturated carbocycles. The molecule has 1 fully saturated rings. The zero-order chi connectivity index (χ0) is 14.3. The Bertz CT molecular complexity index is 560. The van der Waals surface area contributed by atoms with Gasteiger partial charge in [-0.25, -0.2) is 0 Å². The molecule has 1 aromatic carbocycles. The van der Waals surface area contributed by atoms with Gasteiger partial charge in [-0.3, -0.25) is 4.79 Å². The maximum absolute atomic E-state index is 12.4. The van der Waals surface area contributed by atoms with Crippen molar-refractivity contribution in [1.82, 2.24) is 5.32 Å². The van der Waals surface area contributed by atoms with Gasteiger partial charge in [0.05, 0.1) is 10.0 Å². The predicted molar refractivity (Wildman–Crippen MR) is 77.9 cm³/mol. The lowest BCUT2D eigenvalue weighted by molar-refractivity contribution is 0.0897. The van der Waals surface area contributed by atoms with Gasteiger partial charge in [0.1, 0.15) is 0 Å². The zero-order valence-electron chi connectivity index (χ0n) is 11.2. The molecule has 0 aromatic heterocycles. The highest BCUT2D eigenvalue weighted by molar-refractivity contribution is 9.10. The quantitative estimate of drug-likeness (QED) is 0.879. The van der Waals surface area contributed by atoms with Crippen molar-refractivity contribution in [3.05, 3.63) is 22.2 Å². The average Bonchev–Trinajstić information content (AvgIpc) is 3.18. The number of fused-ring (bicyclic) bond motifs is 1. The van der Waals surface area contributed by atoms with Gasteiger partial charge in [0, 0.05) is 12.1 Å². The van der Waals surface area contributed by atoms with Crippen LogP contribution in [0.5, 0.6) is 11.5 Å². The Balaban J connectivity index is 1.82. The first-order valence-corrected chi connectivity index (χ1v) is 7.44. The number of rotatable bonds is 4. The molecule has 20 heavy (non-hydrogen) atoms. The van der Waals surface area contributed by atoms with Crippen LogP contribution in [0.4, 0.5) is 0 Å². The lowest BCUT2D eigenvalue weighted by atomic mass is 9.95. The molecule has 1 unspecified atom stereocenters. The summed E-state index contributed by atoms with van der Waals surface area (Å²) in [7, 11) is 0. The van der Waals surface area contributed by atoms with Gasteiger partial charge in [-0.05, 0) is 53.7 Å². The second kappa shape index (κ2) is 4.93. The number of benzene rings is 1. The molecule has 3 rings (SSSR count). The van der Waals surface area contributed by atoms with Crippen LogP contribution < -0.4 is 20.5 Å². The number of halogens is 1. The molecule has 2 aliphatic rings. The molecule has 0 spiro atoms. The first-order chi connectivity index (χ1) is 9.53. The number of hydrogen-bond acceptors (Lipinski definition) is 4. The number of nitrogens with two attached hydrogens (primary N) is 1. The zero-order valence-corrected chi connectivity index (χ0v) is 12.8. The Morgan fingerprint density at radius 1 is 1.50 bits per heavy atom. The van der Waals surface area contributed by atoms with Crippen LogP contribution in [0.2, 0.25) is 0 Å². The summed E-state index contributed by atoms with van der Waals surface area (Å²) < 4.78 is 11.4. The highest BCUT2D eigenvalue weighted by atomic mass is 79.9. The Morgan fingerprint density at radius 3 is 2.90 bits per heavy atom. The molecule has 0 radical (unpaired) electrons. The summed E-state index contributed by atoms with van der Waals surface area (Å²) in [5.41, 5.74) is 6.04. The van der Waals surface area contributed by atoms with Gasteiger partial charge in [0.25, 0.3) is 5.91 Å². The number of ether oxygens (including phenoxy) is 2. The molecule has 0 bridgehead atoms. The molecular weight excluding hydrogens is 324 g/mol. The Hall–Kier alpha value is -1.27. The van der Waals surface area contributed by atoms with Crippen LogP contribution in [-0.4, -0.2) is 24.8 Å². The normalized spacial score (nSPS) is 19.6. The van der Waals surface area contributed by atoms with Gasteiger partial charge in [-0.15, -0.1) is 0 Å². The third kappa shape index (κ3) is 2.38. The standard InChI is InChI=1S/C14H17BrN2O3/c1-14(6-16,9-2-3-9)17-13(18)8-4-10(15)12-11(5-8)19-7-20-12/h4-5,9H,2-3,6-7,16H2,1H3,(H,17,18). The number of carbonyl (C=O) groups is 1. The summed E-state index contributed by atoms with van der Waals surface area (Å²) in [4.78, 5) is 12.4. The van der Waals surface area contributed by atoms with Crippen molar-refractivity contribution >= 4 is 21.8 Å². The minimum Gasteiger partial charge on any atom is -0.454 e. The lowest BCUT2D eigenvalue weighted by Gasteiger charge is -2.29. The molecule has 0 saturated heterocycles. The van der Waals surface area contributed by atoms with E-state index >= 15 is 0 Å². The van der Waals surface area contributed by atoms with Gasteiger partial charge in [-0.1, -0.05) is 0 Å². The van der Waals surface area contributed by atoms with E-state index in [1.54, 1.807) is 12.1 Å². The third-order valence-electron chi connectivity index (χ3n) is 3.99. The van der Waals surface area contributed by atoms with E-state index in [2.05, 4.69) is 21.2 Å². The topological polar surface area (TPSA) is 73.6 Å². The highest BCUT2D eigenvalue weighted by Crippen LogP contribution is 2.41. The van der Waals surface area contributed by atoms with Crippen molar-refractivity contribution in [3.8, 4) is 11.5 Å². The molecule has 1 aliphatic carbocycles. The van der Waals surface area contributed by atoms with E-state index in [1.165, 1.54) is 0 Å². The van der Waals surface area contributed by atoms with Crippen molar-refractivity contribution in [1.29, 1.82) is 0 Å². The lowest BCUT2D eigenvalue weighted by Crippen LogP contribution is -2.53. The molecule has 108 valence electrons. The van der Waals surface area contributed by atoms with Gasteiger partial charge in [0.2, 0.25) is 6.79 Å². The fourth-order valence-electron chi connectivity index (χ4n) is 2.47. The average molecular weight is 341 g/mol. The second-order valence-corrected chi connectivity index (χ2v) is 6.40. The Labute approximate surface area is 125 Å². The van der Waals surface area contributed by atoms with Crippen LogP contribution in [0, 0.1) is 5.92 Å². The van der Waals surface area contributed by atoms with Crippen molar-refractivity contribution in [2.45, 2.75) is 25.3 Å². The molecule has 1 aromatic rings. The molecule has 1 amide bonds. The predicted octanol–water partition coefficient (Wildman–Crippen LogP) is 2.04. The van der Waals surface area contributed by atoms with E-state index in [4.69, 9.17) is 15.2 Å². The number of nitrogens with one attached hydrogen (secondary N) is 1. The van der Waals surface area contributed by atoms with Crippen LogP contribution in [0.1, 0.15) is 30.1 Å². The van der Waals surface area contributed by atoms with Crippen LogP contribution in [-0.2, 0) is 0 Å². The van der Waals surface area contributed by atoms with E-state index < -0.39 is 0 Å². The molecule has 1 aliphatic heterocycles. The van der Waals surface area contributed by atoms with Gasteiger partial charge < -0.3 is 20.5 Å². The van der Waals surface area contributed by atoms with Crippen molar-refractivity contribution < 1.29 is 14.3 Å². The summed E-state index contributed by atoms with van der Waals surface area (Å²) in [6, 6.07) is 3.44. The smallest absolute Gasteiger partial charge is 0.251 e. The van der Waals surface area contributed by atoms with Gasteiger partial charge in [-0.2, -0.15) is 0 Å². The van der Waals surface area contributed by atoms with Crippen molar-refractivity contribution in [3.63, 3.8) is 0 Å². The Kier molecular flexibility index (Phi) is 3.38. The summed E-state index contributed by atoms with van der Waals surface area (Å²) in [6.07, 6.45) is 2.25. The van der Waals surface area contributed by atoms with E-state index in [1.807, 2.05) is 6.92 Å². The van der Waals surface area contributed by atoms with Crippen LogP contribution in [0.25, 0.3) is 0 Å². The van der Waals surface area contributed by atoms with E-state index in [-0.39, 0.29) is 18.2 Å². The maximum Gasteiger partial charge on any atom is 0.251 e. The van der Waals surface area contributed by atoms with E-state index in [0.29, 0.717) is 29.5 Å². The number of amides is 1. The van der Waals surface area contributed by atoms with Gasteiger partial charge in [0.15, 0.2) is 11.5 Å². The molecule has 5 nitrogen and oxygen atoms in total. The van der Waals surface area contributed by atoms with Crippen LogP contribution >= 0.6 is 15.9 Å². The number of hydrogen-bond donors (Lipinski definition) is 2. The summed E-state index contributed by atoms with van der Waals surface area (Å²) in [6.45, 7) is 2.63. The monoisotopic (exact) mass is 340 g/mol. The molecular formula is C14H17BrN2O3. The minimum absolute atomic E-state index is 0.135. The SMILES string of the molecule is CC(CN)(NC(=O)c1cc(Br)c2c(c1)OCO2)C1CC1. The second-order valence-electron chi connectivity index (χ2n) is 5.54.